The van der Waals surface area contributed by atoms with Crippen molar-refractivity contribution in [1.29, 1.82) is 0 Å². The van der Waals surface area contributed by atoms with Crippen molar-refractivity contribution in [2.45, 2.75) is 4.90 Å². The molecule has 0 saturated heterocycles. The van der Waals surface area contributed by atoms with Crippen molar-refractivity contribution in [2.24, 2.45) is 14.1 Å². The molecule has 0 unspecified atom stereocenters. The van der Waals surface area contributed by atoms with Crippen LogP contribution in [0.1, 0.15) is 10.4 Å². The van der Waals surface area contributed by atoms with E-state index in [9.17, 15) is 22.8 Å². The van der Waals surface area contributed by atoms with Crippen LogP contribution < -0.4 is 35.9 Å². The van der Waals surface area contributed by atoms with Crippen LogP contribution in [-0.2, 0) is 24.1 Å². The first kappa shape index (κ1) is 27.2. The number of sulfonamides is 1. The molecule has 1 amide bonds. The molecule has 0 bridgehead atoms. The number of carbonyl (C=O) groups is 1. The van der Waals surface area contributed by atoms with Crippen LogP contribution in [0.4, 0.5) is 5.82 Å². The number of anilines is 1. The number of hydrogen-bond acceptors (Lipinski definition) is 10. The second-order valence-corrected chi connectivity index (χ2v) is 10.00. The molecule has 204 valence electrons. The molecule has 0 aliphatic heterocycles. The third-order valence-corrected chi connectivity index (χ3v) is 7.42. The maximum Gasteiger partial charge on any atom is 0.332 e. The molecule has 0 fully saturated rings. The molecule has 0 aliphatic rings. The highest BCUT2D eigenvalue weighted by molar-refractivity contribution is 7.90. The number of nitrogens with two attached hydrogens (primary N) is 1. The number of rotatable bonds is 7. The van der Waals surface area contributed by atoms with E-state index >= 15 is 0 Å². The van der Waals surface area contributed by atoms with Gasteiger partial charge in [-0.2, -0.15) is 0 Å². The molecule has 0 spiro atoms. The summed E-state index contributed by atoms with van der Waals surface area (Å²) in [5, 5.41) is -0.162. The van der Waals surface area contributed by atoms with Crippen molar-refractivity contribution >= 4 is 32.8 Å². The van der Waals surface area contributed by atoms with Crippen molar-refractivity contribution in [3.8, 4) is 28.4 Å². The number of pyridine rings is 1. The summed E-state index contributed by atoms with van der Waals surface area (Å²) in [7, 11) is 2.47. The third kappa shape index (κ3) is 4.54. The quantitative estimate of drug-likeness (QED) is 0.335. The first-order valence-corrected chi connectivity index (χ1v) is 12.8. The Morgan fingerprint density at radius 2 is 1.54 bits per heavy atom. The molecule has 13 nitrogen and oxygen atoms in total. The molecule has 2 aromatic carbocycles. The Bertz CT molecular complexity index is 1820. The van der Waals surface area contributed by atoms with E-state index in [0.29, 0.717) is 0 Å². The van der Waals surface area contributed by atoms with Gasteiger partial charge in [-0.3, -0.25) is 18.7 Å². The molecule has 4 rings (SSSR count). The highest BCUT2D eigenvalue weighted by atomic mass is 32.2. The van der Waals surface area contributed by atoms with Crippen molar-refractivity contribution in [3.63, 3.8) is 0 Å². The first-order chi connectivity index (χ1) is 18.5. The lowest BCUT2D eigenvalue weighted by atomic mass is 9.96. The summed E-state index contributed by atoms with van der Waals surface area (Å²) in [6.07, 6.45) is 0. The fraction of sp³-hybridized carbons (Fsp3) is 0.200. The zero-order chi connectivity index (χ0) is 28.6. The van der Waals surface area contributed by atoms with Crippen molar-refractivity contribution in [3.05, 3.63) is 68.9 Å². The summed E-state index contributed by atoms with van der Waals surface area (Å²) in [4.78, 5) is 43.7. The predicted octanol–water partition coefficient (Wildman–Crippen LogP) is 1.03. The van der Waals surface area contributed by atoms with Gasteiger partial charge in [0.25, 0.3) is 21.5 Å². The zero-order valence-electron chi connectivity index (χ0n) is 21.6. The highest BCUT2D eigenvalue weighted by Gasteiger charge is 2.29. The van der Waals surface area contributed by atoms with Crippen LogP contribution >= 0.6 is 0 Å². The zero-order valence-corrected chi connectivity index (χ0v) is 22.5. The summed E-state index contributed by atoms with van der Waals surface area (Å²) < 4.78 is 46.1. The molecule has 0 aliphatic carbocycles. The van der Waals surface area contributed by atoms with Gasteiger partial charge in [0.1, 0.15) is 5.82 Å². The molecule has 3 N–H and O–H groups in total. The second kappa shape index (κ2) is 10.1. The van der Waals surface area contributed by atoms with E-state index in [2.05, 4.69) is 4.98 Å². The molecule has 2 heterocycles. The largest absolute Gasteiger partial charge is 0.493 e. The minimum atomic E-state index is -4.34. The maximum absolute atomic E-state index is 13.6. The van der Waals surface area contributed by atoms with Gasteiger partial charge in [-0.25, -0.2) is 22.9 Å². The molecule has 0 saturated carbocycles. The van der Waals surface area contributed by atoms with Gasteiger partial charge in [-0.15, -0.1) is 0 Å². The van der Waals surface area contributed by atoms with E-state index in [1.54, 1.807) is 6.07 Å². The van der Waals surface area contributed by atoms with Gasteiger partial charge in [0, 0.05) is 19.7 Å². The van der Waals surface area contributed by atoms with Crippen LogP contribution in [0.3, 0.4) is 0 Å². The van der Waals surface area contributed by atoms with E-state index in [0.717, 1.165) is 9.13 Å². The standard InChI is InChI=1S/C25H25N5O8S/c1-29-22-19(24(32)30(2)25(29)33)17(13-11-15(36-3)20(38-5)16(12-13)37-4)18(21(26)27-22)23(31)28-39(34,35)14-9-7-6-8-10-14/h6-12H,1-5H3,(H2,26,27)(H,28,31). The van der Waals surface area contributed by atoms with Gasteiger partial charge in [0.2, 0.25) is 5.75 Å². The number of nitrogen functional groups attached to an aromatic ring is 1. The molecule has 39 heavy (non-hydrogen) atoms. The minimum absolute atomic E-state index is 0.0892. The molecule has 2 aromatic heterocycles. The Morgan fingerprint density at radius 1 is 0.949 bits per heavy atom. The Kier molecular flexibility index (Phi) is 7.07. The van der Waals surface area contributed by atoms with Gasteiger partial charge >= 0.3 is 5.69 Å². The lowest BCUT2D eigenvalue weighted by molar-refractivity contribution is 0.0982. The lowest BCUT2D eigenvalue weighted by Gasteiger charge is -2.19. The van der Waals surface area contributed by atoms with Crippen LogP contribution in [0.2, 0.25) is 0 Å². The number of carbonyl (C=O) groups excluding carboxylic acids is 1. The van der Waals surface area contributed by atoms with Crippen molar-refractivity contribution in [1.82, 2.24) is 18.8 Å². The summed E-state index contributed by atoms with van der Waals surface area (Å²) in [5.41, 5.74) is 4.30. The Morgan fingerprint density at radius 3 is 2.08 bits per heavy atom. The predicted molar refractivity (Wildman–Crippen MR) is 143 cm³/mol. The smallest absolute Gasteiger partial charge is 0.332 e. The number of benzene rings is 2. The fourth-order valence-electron chi connectivity index (χ4n) is 4.18. The summed E-state index contributed by atoms with van der Waals surface area (Å²) in [6, 6.07) is 10.2. The van der Waals surface area contributed by atoms with Gasteiger partial charge < -0.3 is 19.9 Å². The van der Waals surface area contributed by atoms with Gasteiger partial charge in [0.05, 0.1) is 37.2 Å². The van der Waals surface area contributed by atoms with Crippen molar-refractivity contribution < 1.29 is 27.4 Å². The van der Waals surface area contributed by atoms with E-state index < -0.39 is 38.6 Å². The number of ether oxygens (including phenoxy) is 3. The highest BCUT2D eigenvalue weighted by Crippen LogP contribution is 2.43. The number of aryl methyl sites for hydroxylation is 1. The number of fused-ring (bicyclic) bond motifs is 1. The SMILES string of the molecule is COc1cc(-c2c(C(=O)NS(=O)(=O)c3ccccc3)c(N)nc3c2c(=O)n(C)c(=O)n3C)cc(OC)c1OC. The molecule has 14 heteroatoms. The number of hydrogen-bond donors (Lipinski definition) is 2. The molecule has 4 aromatic rings. The van der Waals surface area contributed by atoms with Gasteiger partial charge in [0.15, 0.2) is 17.1 Å². The maximum atomic E-state index is 13.6. The Labute approximate surface area is 222 Å². The number of nitrogens with one attached hydrogen (secondary N) is 1. The number of nitrogens with zero attached hydrogens (tertiary/aromatic N) is 3. The van der Waals surface area contributed by atoms with E-state index in [4.69, 9.17) is 19.9 Å². The number of aromatic nitrogens is 3. The summed E-state index contributed by atoms with van der Waals surface area (Å²) >= 11 is 0. The summed E-state index contributed by atoms with van der Waals surface area (Å²) in [6.45, 7) is 0. The van der Waals surface area contributed by atoms with Crippen LogP contribution in [0.25, 0.3) is 22.2 Å². The normalized spacial score (nSPS) is 11.3. The molecular weight excluding hydrogens is 530 g/mol. The van der Waals surface area contributed by atoms with Crippen LogP contribution in [-0.4, -0.2) is 49.8 Å². The summed E-state index contributed by atoms with van der Waals surface area (Å²) in [5.74, 6) is -0.977. The minimum Gasteiger partial charge on any atom is -0.493 e. The van der Waals surface area contributed by atoms with Crippen LogP contribution in [0.15, 0.2) is 56.9 Å². The monoisotopic (exact) mass is 555 g/mol. The van der Waals surface area contributed by atoms with Crippen LogP contribution in [0, 0.1) is 0 Å². The second-order valence-electron chi connectivity index (χ2n) is 8.31. The topological polar surface area (TPSA) is 174 Å². The first-order valence-electron chi connectivity index (χ1n) is 11.3. The van der Waals surface area contributed by atoms with E-state index in [1.807, 2.05) is 4.72 Å². The van der Waals surface area contributed by atoms with Gasteiger partial charge in [-0.05, 0) is 29.8 Å². The number of amides is 1. The molecular formula is C25H25N5O8S. The average molecular weight is 556 g/mol. The average Bonchev–Trinajstić information content (AvgIpc) is 2.93. The molecule has 0 radical (unpaired) electrons. The fourth-order valence-corrected chi connectivity index (χ4v) is 5.16. The van der Waals surface area contributed by atoms with E-state index in [-0.39, 0.29) is 44.3 Å². The van der Waals surface area contributed by atoms with Gasteiger partial charge in [-0.1, -0.05) is 18.2 Å². The van der Waals surface area contributed by atoms with Crippen molar-refractivity contribution in [2.75, 3.05) is 27.1 Å². The number of methoxy groups -OCH3 is 3. The third-order valence-electron chi connectivity index (χ3n) is 6.08. The Hall–Kier alpha value is -4.85. The lowest BCUT2D eigenvalue weighted by Crippen LogP contribution is -2.38. The van der Waals surface area contributed by atoms with E-state index in [1.165, 1.54) is 71.8 Å². The molecule has 0 atom stereocenters. The Balaban J connectivity index is 2.13. The van der Waals surface area contributed by atoms with Crippen LogP contribution in [0.5, 0.6) is 17.2 Å².